The minimum absolute atomic E-state index is 0.551. The Bertz CT molecular complexity index is 802. The molecule has 0 fully saturated rings. The maximum Gasteiger partial charge on any atom is 0.00353 e. The largest absolute Gasteiger partial charge is 0.0654 e. The summed E-state index contributed by atoms with van der Waals surface area (Å²) >= 11 is 0. The van der Waals surface area contributed by atoms with E-state index in [9.17, 15) is 0 Å². The maximum atomic E-state index is 2.46. The van der Waals surface area contributed by atoms with Crippen molar-refractivity contribution < 1.29 is 0 Å². The molecule has 2 aromatic carbocycles. The number of hydrogen-bond donors (Lipinski definition) is 0. The van der Waals surface area contributed by atoms with Crippen LogP contribution in [0.4, 0.5) is 0 Å². The molecule has 1 unspecified atom stereocenters. The summed E-state index contributed by atoms with van der Waals surface area (Å²) in [5.74, 6) is 0.551. The molecule has 2 aliphatic rings. The molecule has 0 radical (unpaired) electrons. The smallest absolute Gasteiger partial charge is 0.00353 e. The van der Waals surface area contributed by atoms with Crippen LogP contribution >= 0.6 is 0 Å². The number of benzene rings is 2. The van der Waals surface area contributed by atoms with E-state index in [-0.39, 0.29) is 0 Å². The lowest BCUT2D eigenvalue weighted by molar-refractivity contribution is 0.789. The average Bonchev–Trinajstić information content (AvgIpc) is 2.98. The van der Waals surface area contributed by atoms with Gasteiger partial charge in [0.2, 0.25) is 0 Å². The van der Waals surface area contributed by atoms with Crippen molar-refractivity contribution in [3.05, 3.63) is 82.4 Å². The van der Waals surface area contributed by atoms with E-state index in [1.165, 1.54) is 65.5 Å². The monoisotopic (exact) mass is 314 g/mol. The SMILES string of the molecule is CCCCc1ccc(C2=CC3=C(CCc4ccccc43)C2C)cc1. The first kappa shape index (κ1) is 15.4. The summed E-state index contributed by atoms with van der Waals surface area (Å²) in [4.78, 5) is 0. The predicted octanol–water partition coefficient (Wildman–Crippen LogP) is 6.46. The Labute approximate surface area is 145 Å². The van der Waals surface area contributed by atoms with Crippen LogP contribution in [0.25, 0.3) is 11.1 Å². The van der Waals surface area contributed by atoms with E-state index in [0.717, 1.165) is 0 Å². The molecule has 2 aliphatic carbocycles. The number of aryl methyl sites for hydroxylation is 2. The van der Waals surface area contributed by atoms with Crippen molar-refractivity contribution in [3.8, 4) is 0 Å². The summed E-state index contributed by atoms with van der Waals surface area (Å²) in [6, 6.07) is 18.2. The summed E-state index contributed by atoms with van der Waals surface area (Å²) in [5.41, 5.74) is 10.5. The summed E-state index contributed by atoms with van der Waals surface area (Å²) in [7, 11) is 0. The lowest BCUT2D eigenvalue weighted by Crippen LogP contribution is -2.06. The highest BCUT2D eigenvalue weighted by Gasteiger charge is 2.29. The Morgan fingerprint density at radius 2 is 1.75 bits per heavy atom. The first-order valence-electron chi connectivity index (χ1n) is 9.40. The van der Waals surface area contributed by atoms with E-state index < -0.39 is 0 Å². The Kier molecular flexibility index (Phi) is 4.14. The average molecular weight is 314 g/mol. The third-order valence-electron chi connectivity index (χ3n) is 5.71. The van der Waals surface area contributed by atoms with E-state index in [0.29, 0.717) is 5.92 Å². The third-order valence-corrected chi connectivity index (χ3v) is 5.71. The summed E-state index contributed by atoms with van der Waals surface area (Å²) in [6.45, 7) is 4.64. The van der Waals surface area contributed by atoms with E-state index in [1.807, 2.05) is 0 Å². The molecular formula is C24H26. The first-order valence-corrected chi connectivity index (χ1v) is 9.40. The first-order chi connectivity index (χ1) is 11.8. The lowest BCUT2D eigenvalue weighted by atomic mass is 9.83. The van der Waals surface area contributed by atoms with E-state index >= 15 is 0 Å². The molecule has 0 heterocycles. The third kappa shape index (κ3) is 2.65. The van der Waals surface area contributed by atoms with E-state index in [4.69, 9.17) is 0 Å². The molecule has 0 heteroatoms. The molecule has 0 bridgehead atoms. The van der Waals surface area contributed by atoms with Crippen molar-refractivity contribution in [2.45, 2.75) is 46.0 Å². The van der Waals surface area contributed by atoms with Crippen LogP contribution in [-0.4, -0.2) is 0 Å². The second kappa shape index (κ2) is 6.43. The van der Waals surface area contributed by atoms with Gasteiger partial charge in [-0.15, -0.1) is 0 Å². The Hall–Kier alpha value is -2.08. The fourth-order valence-corrected chi connectivity index (χ4v) is 4.24. The molecule has 122 valence electrons. The minimum Gasteiger partial charge on any atom is -0.0654 e. The molecule has 2 aromatic rings. The number of allylic oxidation sites excluding steroid dienone is 4. The van der Waals surface area contributed by atoms with Gasteiger partial charge in [0.15, 0.2) is 0 Å². The van der Waals surface area contributed by atoms with Gasteiger partial charge in [-0.1, -0.05) is 74.4 Å². The number of hydrogen-bond acceptors (Lipinski definition) is 0. The van der Waals surface area contributed by atoms with Gasteiger partial charge in [-0.3, -0.25) is 0 Å². The molecule has 0 amide bonds. The van der Waals surface area contributed by atoms with Crippen LogP contribution in [-0.2, 0) is 12.8 Å². The number of rotatable bonds is 4. The fourth-order valence-electron chi connectivity index (χ4n) is 4.24. The Balaban J connectivity index is 1.65. The standard InChI is InChI=1S/C24H26/c1-3-4-7-18-10-12-20(13-11-18)23-16-24-21(17(23)2)15-14-19-8-5-6-9-22(19)24/h5-6,8-13,16-17H,3-4,7,14-15H2,1-2H3. The number of unbranched alkanes of at least 4 members (excludes halogenated alkanes) is 1. The topological polar surface area (TPSA) is 0 Å². The van der Waals surface area contributed by atoms with Gasteiger partial charge in [0, 0.05) is 5.92 Å². The molecule has 0 nitrogen and oxygen atoms in total. The Morgan fingerprint density at radius 3 is 2.54 bits per heavy atom. The molecular weight excluding hydrogens is 288 g/mol. The highest BCUT2D eigenvalue weighted by molar-refractivity contribution is 5.94. The zero-order chi connectivity index (χ0) is 16.5. The van der Waals surface area contributed by atoms with Crippen molar-refractivity contribution in [2.24, 2.45) is 5.92 Å². The Morgan fingerprint density at radius 1 is 0.958 bits per heavy atom. The van der Waals surface area contributed by atoms with Crippen LogP contribution in [0.15, 0.2) is 60.2 Å². The van der Waals surface area contributed by atoms with Crippen molar-refractivity contribution in [1.29, 1.82) is 0 Å². The van der Waals surface area contributed by atoms with Crippen molar-refractivity contribution in [3.63, 3.8) is 0 Å². The molecule has 0 aromatic heterocycles. The zero-order valence-electron chi connectivity index (χ0n) is 14.8. The molecule has 0 saturated carbocycles. The highest BCUT2D eigenvalue weighted by atomic mass is 14.3. The van der Waals surface area contributed by atoms with Crippen LogP contribution in [0.3, 0.4) is 0 Å². The molecule has 0 saturated heterocycles. The predicted molar refractivity (Wildman–Crippen MR) is 104 cm³/mol. The second-order valence-corrected chi connectivity index (χ2v) is 7.22. The van der Waals surface area contributed by atoms with Gasteiger partial charge in [-0.25, -0.2) is 0 Å². The quantitative estimate of drug-likeness (QED) is 0.607. The maximum absolute atomic E-state index is 2.46. The lowest BCUT2D eigenvalue weighted by Gasteiger charge is -2.21. The van der Waals surface area contributed by atoms with Gasteiger partial charge < -0.3 is 0 Å². The van der Waals surface area contributed by atoms with Crippen molar-refractivity contribution in [2.75, 3.05) is 0 Å². The van der Waals surface area contributed by atoms with Crippen molar-refractivity contribution in [1.82, 2.24) is 0 Å². The van der Waals surface area contributed by atoms with Gasteiger partial charge in [0.05, 0.1) is 0 Å². The molecule has 1 atom stereocenters. The normalized spacial score (nSPS) is 19.1. The van der Waals surface area contributed by atoms with Crippen LogP contribution in [0.2, 0.25) is 0 Å². The fraction of sp³-hybridized carbons (Fsp3) is 0.333. The van der Waals surface area contributed by atoms with E-state index in [1.54, 1.807) is 5.57 Å². The van der Waals surface area contributed by atoms with Crippen LogP contribution in [0.5, 0.6) is 0 Å². The highest BCUT2D eigenvalue weighted by Crippen LogP contribution is 2.46. The van der Waals surface area contributed by atoms with Crippen LogP contribution in [0, 0.1) is 5.92 Å². The zero-order valence-corrected chi connectivity index (χ0v) is 14.8. The second-order valence-electron chi connectivity index (χ2n) is 7.22. The molecule has 0 aliphatic heterocycles. The van der Waals surface area contributed by atoms with Gasteiger partial charge in [0.25, 0.3) is 0 Å². The molecule has 0 N–H and O–H groups in total. The number of fused-ring (bicyclic) bond motifs is 2. The summed E-state index contributed by atoms with van der Waals surface area (Å²) < 4.78 is 0. The molecule has 4 rings (SSSR count). The molecule has 24 heavy (non-hydrogen) atoms. The minimum atomic E-state index is 0.551. The molecule has 0 spiro atoms. The van der Waals surface area contributed by atoms with Gasteiger partial charge in [-0.05, 0) is 65.2 Å². The summed E-state index contributed by atoms with van der Waals surface area (Å²) in [6.07, 6.45) is 8.61. The van der Waals surface area contributed by atoms with Gasteiger partial charge in [-0.2, -0.15) is 0 Å². The van der Waals surface area contributed by atoms with Crippen molar-refractivity contribution >= 4 is 11.1 Å². The van der Waals surface area contributed by atoms with Gasteiger partial charge in [0.1, 0.15) is 0 Å². The summed E-state index contributed by atoms with van der Waals surface area (Å²) in [5, 5.41) is 0. The van der Waals surface area contributed by atoms with Gasteiger partial charge >= 0.3 is 0 Å². The van der Waals surface area contributed by atoms with Crippen LogP contribution in [0.1, 0.15) is 55.4 Å². The van der Waals surface area contributed by atoms with E-state index in [2.05, 4.69) is 68.5 Å². The van der Waals surface area contributed by atoms with Crippen LogP contribution < -0.4 is 0 Å².